The normalized spacial score (nSPS) is 12.5. The highest BCUT2D eigenvalue weighted by molar-refractivity contribution is 6.45. The summed E-state index contributed by atoms with van der Waals surface area (Å²) in [5, 5.41) is 24.2. The number of hydrogen-bond donors (Lipinski definition) is 3. The quantitative estimate of drug-likeness (QED) is 0.535. The number of benzene rings is 2. The van der Waals surface area contributed by atoms with Gasteiger partial charge < -0.3 is 20.1 Å². The largest absolute Gasteiger partial charge is 0.478 e. The fraction of sp³-hybridized carbons (Fsp3) is 0.211. The average molecular weight is 428 g/mol. The van der Waals surface area contributed by atoms with Crippen LogP contribution >= 0.6 is 34.8 Å². The lowest BCUT2D eigenvalue weighted by molar-refractivity contribution is 0.0697. The van der Waals surface area contributed by atoms with E-state index in [-0.39, 0.29) is 17.2 Å². The van der Waals surface area contributed by atoms with E-state index in [0.29, 0.717) is 22.2 Å². The van der Waals surface area contributed by atoms with Crippen LogP contribution in [0.25, 0.3) is 10.9 Å². The molecule has 0 unspecified atom stereocenters. The van der Waals surface area contributed by atoms with E-state index in [0.717, 1.165) is 16.6 Å². The summed E-state index contributed by atoms with van der Waals surface area (Å²) in [6.45, 7) is 0.254. The number of aliphatic hydroxyl groups is 1. The van der Waals surface area contributed by atoms with E-state index in [9.17, 15) is 9.90 Å². The fourth-order valence-corrected chi connectivity index (χ4v) is 3.71. The molecule has 3 N–H and O–H groups in total. The standard InChI is InChI=1S/C19H17Cl3N2O3/c1-24-11(7-13-17(24)5-4-14(20)18(13)22)8-23-16(9-25)12-3-2-10(19(26)27)6-15(12)21/h2-7,16,23,25H,8-9H2,1H3,(H,26,27)/t16-/m1/s1. The minimum absolute atomic E-state index is 0.0978. The maximum absolute atomic E-state index is 11.0. The SMILES string of the molecule is Cn1c(CN[C@H](CO)c2ccc(C(=O)O)cc2Cl)cc2c(Cl)c(Cl)ccc21. The van der Waals surface area contributed by atoms with Crippen molar-refractivity contribution in [1.29, 1.82) is 0 Å². The van der Waals surface area contributed by atoms with Crippen LogP contribution in [0.15, 0.2) is 36.4 Å². The smallest absolute Gasteiger partial charge is 0.335 e. The number of hydrogen-bond acceptors (Lipinski definition) is 3. The number of carboxylic acids is 1. The maximum atomic E-state index is 11.0. The molecule has 27 heavy (non-hydrogen) atoms. The van der Waals surface area contributed by atoms with E-state index in [2.05, 4.69) is 5.32 Å². The van der Waals surface area contributed by atoms with E-state index in [1.165, 1.54) is 12.1 Å². The third-order valence-corrected chi connectivity index (χ3v) is 5.69. The highest BCUT2D eigenvalue weighted by atomic mass is 35.5. The molecule has 8 heteroatoms. The van der Waals surface area contributed by atoms with Crippen molar-refractivity contribution in [2.45, 2.75) is 12.6 Å². The Kier molecular flexibility index (Phi) is 5.99. The number of carbonyl (C=O) groups is 1. The molecule has 1 aromatic heterocycles. The number of aromatic nitrogens is 1. The van der Waals surface area contributed by atoms with Crippen molar-refractivity contribution < 1.29 is 15.0 Å². The summed E-state index contributed by atoms with van der Waals surface area (Å²) in [7, 11) is 1.92. The Morgan fingerprint density at radius 2 is 1.89 bits per heavy atom. The Labute approximate surface area is 171 Å². The first kappa shape index (κ1) is 20.0. The minimum atomic E-state index is -1.05. The van der Waals surface area contributed by atoms with Gasteiger partial charge in [0.15, 0.2) is 0 Å². The zero-order valence-electron chi connectivity index (χ0n) is 14.3. The van der Waals surface area contributed by atoms with Crippen LogP contribution < -0.4 is 5.32 Å². The molecular formula is C19H17Cl3N2O3. The van der Waals surface area contributed by atoms with Crippen LogP contribution in [-0.4, -0.2) is 27.4 Å². The van der Waals surface area contributed by atoms with E-state index < -0.39 is 12.0 Å². The molecule has 2 aromatic carbocycles. The second-order valence-corrected chi connectivity index (χ2v) is 7.34. The maximum Gasteiger partial charge on any atom is 0.335 e. The molecule has 1 heterocycles. The predicted molar refractivity (Wildman–Crippen MR) is 108 cm³/mol. The molecule has 0 aliphatic rings. The average Bonchev–Trinajstić information content (AvgIpc) is 2.96. The van der Waals surface area contributed by atoms with Gasteiger partial charge in [-0.05, 0) is 35.9 Å². The number of carboxylic acid groups (broad SMARTS) is 1. The molecule has 1 atom stereocenters. The van der Waals surface area contributed by atoms with Crippen molar-refractivity contribution in [2.24, 2.45) is 7.05 Å². The van der Waals surface area contributed by atoms with Crippen LogP contribution in [0.2, 0.25) is 15.1 Å². The van der Waals surface area contributed by atoms with Gasteiger partial charge in [-0.25, -0.2) is 4.79 Å². The van der Waals surface area contributed by atoms with Crippen LogP contribution in [-0.2, 0) is 13.6 Å². The Hall–Kier alpha value is -1.76. The molecular weight excluding hydrogens is 411 g/mol. The summed E-state index contributed by atoms with van der Waals surface area (Å²) in [6, 6.07) is 9.60. The van der Waals surface area contributed by atoms with Crippen molar-refractivity contribution in [3.63, 3.8) is 0 Å². The van der Waals surface area contributed by atoms with Crippen LogP contribution in [0.4, 0.5) is 0 Å². The molecule has 0 saturated carbocycles. The fourth-order valence-electron chi connectivity index (χ4n) is 3.02. The first-order valence-electron chi connectivity index (χ1n) is 8.12. The number of aromatic carboxylic acids is 1. The van der Waals surface area contributed by atoms with Gasteiger partial charge in [-0.1, -0.05) is 40.9 Å². The van der Waals surface area contributed by atoms with E-state index in [1.807, 2.05) is 23.7 Å². The molecule has 0 saturated heterocycles. The topological polar surface area (TPSA) is 74.5 Å². The zero-order chi connectivity index (χ0) is 19.7. The lowest BCUT2D eigenvalue weighted by Gasteiger charge is -2.18. The third kappa shape index (κ3) is 3.93. The first-order valence-corrected chi connectivity index (χ1v) is 9.26. The first-order chi connectivity index (χ1) is 12.8. The molecule has 0 spiro atoms. The Morgan fingerprint density at radius 3 is 2.52 bits per heavy atom. The van der Waals surface area contributed by atoms with E-state index in [4.69, 9.17) is 39.9 Å². The number of nitrogens with zero attached hydrogens (tertiary/aromatic N) is 1. The number of rotatable bonds is 6. The van der Waals surface area contributed by atoms with Crippen LogP contribution in [0.3, 0.4) is 0 Å². The van der Waals surface area contributed by atoms with Gasteiger partial charge in [0.2, 0.25) is 0 Å². The summed E-state index contributed by atoms with van der Waals surface area (Å²) < 4.78 is 1.99. The number of aryl methyl sites for hydroxylation is 1. The van der Waals surface area contributed by atoms with Gasteiger partial charge in [0, 0.05) is 35.2 Å². The Bertz CT molecular complexity index is 1020. The Morgan fingerprint density at radius 1 is 1.15 bits per heavy atom. The minimum Gasteiger partial charge on any atom is -0.478 e. The molecule has 3 rings (SSSR count). The molecule has 142 valence electrons. The van der Waals surface area contributed by atoms with Gasteiger partial charge in [-0.3, -0.25) is 0 Å². The molecule has 0 aliphatic carbocycles. The van der Waals surface area contributed by atoms with Crippen molar-refractivity contribution in [3.8, 4) is 0 Å². The number of fused-ring (bicyclic) bond motifs is 1. The van der Waals surface area contributed by atoms with Gasteiger partial charge in [0.25, 0.3) is 0 Å². The van der Waals surface area contributed by atoms with E-state index >= 15 is 0 Å². The summed E-state index contributed by atoms with van der Waals surface area (Å²) >= 11 is 18.6. The van der Waals surface area contributed by atoms with Gasteiger partial charge in [-0.15, -0.1) is 0 Å². The molecule has 0 amide bonds. The second-order valence-electron chi connectivity index (χ2n) is 6.15. The van der Waals surface area contributed by atoms with Crippen LogP contribution in [0, 0.1) is 0 Å². The Balaban J connectivity index is 1.85. The third-order valence-electron chi connectivity index (χ3n) is 4.55. The van der Waals surface area contributed by atoms with Crippen molar-refractivity contribution >= 4 is 51.7 Å². The molecule has 0 fully saturated rings. The summed E-state index contributed by atoms with van der Waals surface area (Å²) in [5.41, 5.74) is 2.63. The highest BCUT2D eigenvalue weighted by Gasteiger charge is 2.17. The van der Waals surface area contributed by atoms with Gasteiger partial charge in [0.1, 0.15) is 0 Å². The second kappa shape index (κ2) is 8.09. The summed E-state index contributed by atoms with van der Waals surface area (Å²) in [6.07, 6.45) is 0. The monoisotopic (exact) mass is 426 g/mol. The zero-order valence-corrected chi connectivity index (χ0v) is 16.6. The number of nitrogens with one attached hydrogen (secondary N) is 1. The van der Waals surface area contributed by atoms with Crippen molar-refractivity contribution in [1.82, 2.24) is 9.88 Å². The molecule has 3 aromatic rings. The lowest BCUT2D eigenvalue weighted by atomic mass is 10.0. The van der Waals surface area contributed by atoms with Crippen molar-refractivity contribution in [2.75, 3.05) is 6.61 Å². The molecule has 0 radical (unpaired) electrons. The van der Waals surface area contributed by atoms with Crippen LogP contribution in [0.1, 0.15) is 27.7 Å². The van der Waals surface area contributed by atoms with E-state index in [1.54, 1.807) is 12.1 Å². The van der Waals surface area contributed by atoms with Crippen LogP contribution in [0.5, 0.6) is 0 Å². The molecule has 0 aliphatic heterocycles. The highest BCUT2D eigenvalue weighted by Crippen LogP contribution is 2.33. The predicted octanol–water partition coefficient (Wildman–Crippen LogP) is 4.66. The molecule has 0 bridgehead atoms. The van der Waals surface area contributed by atoms with Gasteiger partial charge >= 0.3 is 5.97 Å². The molecule has 5 nitrogen and oxygen atoms in total. The van der Waals surface area contributed by atoms with Gasteiger partial charge in [0.05, 0.1) is 28.3 Å². The number of halogens is 3. The van der Waals surface area contributed by atoms with Gasteiger partial charge in [-0.2, -0.15) is 0 Å². The lowest BCUT2D eigenvalue weighted by Crippen LogP contribution is -2.25. The van der Waals surface area contributed by atoms with Crippen molar-refractivity contribution in [3.05, 3.63) is 68.3 Å². The summed E-state index contributed by atoms with van der Waals surface area (Å²) in [4.78, 5) is 11.0. The number of aliphatic hydroxyl groups excluding tert-OH is 1. The summed E-state index contributed by atoms with van der Waals surface area (Å²) in [5.74, 6) is -1.05.